The summed E-state index contributed by atoms with van der Waals surface area (Å²) in [5, 5.41) is 3.02. The SMILES string of the molecule is O=Cc1cccc(NCC2CC2)c1F. The van der Waals surface area contributed by atoms with E-state index in [-0.39, 0.29) is 5.56 Å². The summed E-state index contributed by atoms with van der Waals surface area (Å²) in [6, 6.07) is 4.82. The van der Waals surface area contributed by atoms with Crippen molar-refractivity contribution in [2.45, 2.75) is 12.8 Å². The van der Waals surface area contributed by atoms with Crippen molar-refractivity contribution in [3.8, 4) is 0 Å². The van der Waals surface area contributed by atoms with E-state index in [1.54, 1.807) is 12.1 Å². The smallest absolute Gasteiger partial charge is 0.156 e. The Balaban J connectivity index is 2.10. The van der Waals surface area contributed by atoms with Crippen molar-refractivity contribution in [3.05, 3.63) is 29.6 Å². The minimum atomic E-state index is -0.442. The lowest BCUT2D eigenvalue weighted by molar-refractivity contribution is 0.112. The average Bonchev–Trinajstić information content (AvgIpc) is 3.00. The van der Waals surface area contributed by atoms with Crippen molar-refractivity contribution in [1.29, 1.82) is 0 Å². The molecule has 1 aliphatic rings. The Morgan fingerprint density at radius 2 is 2.29 bits per heavy atom. The van der Waals surface area contributed by atoms with Gasteiger partial charge in [0.2, 0.25) is 0 Å². The molecule has 0 aliphatic heterocycles. The van der Waals surface area contributed by atoms with Gasteiger partial charge in [-0.1, -0.05) is 6.07 Å². The maximum atomic E-state index is 13.4. The molecule has 2 nitrogen and oxygen atoms in total. The molecule has 3 heteroatoms. The number of nitrogens with one attached hydrogen (secondary N) is 1. The quantitative estimate of drug-likeness (QED) is 0.744. The molecule has 74 valence electrons. The monoisotopic (exact) mass is 193 g/mol. The Morgan fingerprint density at radius 3 is 2.93 bits per heavy atom. The fourth-order valence-electron chi connectivity index (χ4n) is 1.35. The van der Waals surface area contributed by atoms with Gasteiger partial charge < -0.3 is 5.32 Å². The van der Waals surface area contributed by atoms with Crippen LogP contribution in [0.3, 0.4) is 0 Å². The molecule has 2 rings (SSSR count). The van der Waals surface area contributed by atoms with E-state index < -0.39 is 5.82 Å². The highest BCUT2D eigenvalue weighted by Crippen LogP contribution is 2.29. The third kappa shape index (κ3) is 1.92. The van der Waals surface area contributed by atoms with Crippen LogP contribution in [0.25, 0.3) is 0 Å². The van der Waals surface area contributed by atoms with Crippen LogP contribution in [0.1, 0.15) is 23.2 Å². The normalized spacial score (nSPS) is 15.2. The van der Waals surface area contributed by atoms with Crippen molar-refractivity contribution in [2.24, 2.45) is 5.92 Å². The molecule has 1 aromatic carbocycles. The molecule has 0 bridgehead atoms. The van der Waals surface area contributed by atoms with Crippen molar-refractivity contribution < 1.29 is 9.18 Å². The van der Waals surface area contributed by atoms with E-state index in [0.717, 1.165) is 6.54 Å². The summed E-state index contributed by atoms with van der Waals surface area (Å²) >= 11 is 0. The molecule has 0 amide bonds. The Morgan fingerprint density at radius 1 is 1.50 bits per heavy atom. The molecule has 0 aromatic heterocycles. The Hall–Kier alpha value is -1.38. The molecule has 1 fully saturated rings. The predicted molar refractivity (Wildman–Crippen MR) is 53.0 cm³/mol. The van der Waals surface area contributed by atoms with Gasteiger partial charge in [0.05, 0.1) is 11.3 Å². The Kier molecular flexibility index (Phi) is 2.48. The zero-order chi connectivity index (χ0) is 9.97. The molecule has 0 spiro atoms. The number of halogens is 1. The highest BCUT2D eigenvalue weighted by molar-refractivity contribution is 5.77. The van der Waals surface area contributed by atoms with E-state index in [9.17, 15) is 9.18 Å². The van der Waals surface area contributed by atoms with Crippen LogP contribution in [0, 0.1) is 11.7 Å². The highest BCUT2D eigenvalue weighted by atomic mass is 19.1. The minimum absolute atomic E-state index is 0.116. The summed E-state index contributed by atoms with van der Waals surface area (Å²) in [7, 11) is 0. The summed E-state index contributed by atoms with van der Waals surface area (Å²) in [4.78, 5) is 10.5. The Labute approximate surface area is 82.1 Å². The number of hydrogen-bond donors (Lipinski definition) is 1. The second-order valence-electron chi connectivity index (χ2n) is 3.65. The van der Waals surface area contributed by atoms with Gasteiger partial charge in [0, 0.05) is 6.54 Å². The van der Waals surface area contributed by atoms with Crippen LogP contribution in [0.4, 0.5) is 10.1 Å². The first-order valence-corrected chi connectivity index (χ1v) is 4.79. The number of benzene rings is 1. The zero-order valence-electron chi connectivity index (χ0n) is 7.79. The first-order valence-electron chi connectivity index (χ1n) is 4.79. The Bertz CT molecular complexity index is 347. The second-order valence-corrected chi connectivity index (χ2v) is 3.65. The van der Waals surface area contributed by atoms with E-state index >= 15 is 0 Å². The average molecular weight is 193 g/mol. The van der Waals surface area contributed by atoms with Gasteiger partial charge in [-0.2, -0.15) is 0 Å². The largest absolute Gasteiger partial charge is 0.382 e. The minimum Gasteiger partial charge on any atom is -0.382 e. The van der Waals surface area contributed by atoms with Crippen molar-refractivity contribution in [2.75, 3.05) is 11.9 Å². The van der Waals surface area contributed by atoms with Gasteiger partial charge in [0.1, 0.15) is 0 Å². The molecule has 1 aromatic rings. The van der Waals surface area contributed by atoms with Gasteiger partial charge in [0.25, 0.3) is 0 Å². The molecule has 0 radical (unpaired) electrons. The van der Waals surface area contributed by atoms with Crippen LogP contribution < -0.4 is 5.32 Å². The van der Waals surface area contributed by atoms with Gasteiger partial charge in [-0.3, -0.25) is 4.79 Å². The van der Waals surface area contributed by atoms with Gasteiger partial charge >= 0.3 is 0 Å². The molecule has 1 N–H and O–H groups in total. The molecule has 14 heavy (non-hydrogen) atoms. The van der Waals surface area contributed by atoms with E-state index in [0.29, 0.717) is 17.9 Å². The van der Waals surface area contributed by atoms with Crippen LogP contribution in [-0.4, -0.2) is 12.8 Å². The molecule has 1 saturated carbocycles. The molecule has 1 aliphatic carbocycles. The van der Waals surface area contributed by atoms with Crippen LogP contribution in [0.5, 0.6) is 0 Å². The standard InChI is InChI=1S/C11H12FNO/c12-11-9(7-14)2-1-3-10(11)13-6-8-4-5-8/h1-3,7-8,13H,4-6H2. The molecule has 0 saturated heterocycles. The van der Waals surface area contributed by atoms with Crippen LogP contribution in [0.15, 0.2) is 18.2 Å². The third-order valence-corrected chi connectivity index (χ3v) is 2.43. The molecule has 0 atom stereocenters. The number of hydrogen-bond acceptors (Lipinski definition) is 2. The zero-order valence-corrected chi connectivity index (χ0v) is 7.79. The lowest BCUT2D eigenvalue weighted by Crippen LogP contribution is -2.06. The first kappa shape index (κ1) is 9.19. The maximum Gasteiger partial charge on any atom is 0.156 e. The van der Waals surface area contributed by atoms with E-state index in [4.69, 9.17) is 0 Å². The highest BCUT2D eigenvalue weighted by Gasteiger charge is 2.21. The molecule has 0 unspecified atom stereocenters. The van der Waals surface area contributed by atoms with E-state index in [1.807, 2.05) is 0 Å². The summed E-state index contributed by atoms with van der Waals surface area (Å²) < 4.78 is 13.4. The van der Waals surface area contributed by atoms with Crippen LogP contribution >= 0.6 is 0 Å². The van der Waals surface area contributed by atoms with Crippen molar-refractivity contribution in [1.82, 2.24) is 0 Å². The topological polar surface area (TPSA) is 29.1 Å². The molecular formula is C11H12FNO. The summed E-state index contributed by atoms with van der Waals surface area (Å²) in [6.45, 7) is 0.805. The number of aldehydes is 1. The first-order chi connectivity index (χ1) is 6.81. The van der Waals surface area contributed by atoms with Crippen LogP contribution in [0.2, 0.25) is 0 Å². The van der Waals surface area contributed by atoms with E-state index in [2.05, 4.69) is 5.32 Å². The molecular weight excluding hydrogens is 181 g/mol. The maximum absolute atomic E-state index is 13.4. The number of carbonyl (C=O) groups is 1. The fourth-order valence-corrected chi connectivity index (χ4v) is 1.35. The lowest BCUT2D eigenvalue weighted by Gasteiger charge is -2.07. The van der Waals surface area contributed by atoms with Gasteiger partial charge in [-0.25, -0.2) is 4.39 Å². The van der Waals surface area contributed by atoms with Gasteiger partial charge in [-0.05, 0) is 30.9 Å². The summed E-state index contributed by atoms with van der Waals surface area (Å²) in [5.74, 6) is 0.248. The summed E-state index contributed by atoms with van der Waals surface area (Å²) in [6.07, 6.45) is 2.99. The second kappa shape index (κ2) is 3.78. The number of carbonyl (C=O) groups excluding carboxylic acids is 1. The lowest BCUT2D eigenvalue weighted by atomic mass is 10.2. The number of anilines is 1. The third-order valence-electron chi connectivity index (χ3n) is 2.43. The summed E-state index contributed by atoms with van der Waals surface area (Å²) in [5.41, 5.74) is 0.548. The van der Waals surface area contributed by atoms with Gasteiger partial charge in [-0.15, -0.1) is 0 Å². The van der Waals surface area contributed by atoms with Crippen LogP contribution in [-0.2, 0) is 0 Å². The fraction of sp³-hybridized carbons (Fsp3) is 0.364. The predicted octanol–water partition coefficient (Wildman–Crippen LogP) is 2.46. The number of rotatable bonds is 4. The van der Waals surface area contributed by atoms with Gasteiger partial charge in [0.15, 0.2) is 12.1 Å². The van der Waals surface area contributed by atoms with E-state index in [1.165, 1.54) is 18.9 Å². The molecule has 0 heterocycles. The van der Waals surface area contributed by atoms with Crippen molar-refractivity contribution in [3.63, 3.8) is 0 Å². The van der Waals surface area contributed by atoms with Crippen molar-refractivity contribution >= 4 is 12.0 Å².